The molecule has 2 bridgehead atoms. The Labute approximate surface area is 167 Å². The second-order valence-corrected chi connectivity index (χ2v) is 8.76. The summed E-state index contributed by atoms with van der Waals surface area (Å²) >= 11 is 0. The maximum atomic E-state index is 13.1. The minimum Gasteiger partial charge on any atom is -0.339 e. The Balaban J connectivity index is 1.32. The van der Waals surface area contributed by atoms with Crippen LogP contribution in [0.3, 0.4) is 0 Å². The number of hydrogen-bond donors (Lipinski definition) is 1. The number of amides is 5. The number of likely N-dealkylation sites (tertiary alicyclic amines) is 1. The Bertz CT molecular complexity index is 619. The number of urea groups is 2. The third-order valence-electron chi connectivity index (χ3n) is 6.81. The quantitative estimate of drug-likeness (QED) is 0.768. The van der Waals surface area contributed by atoms with Gasteiger partial charge < -0.3 is 24.9 Å². The zero-order valence-corrected chi connectivity index (χ0v) is 16.9. The molecule has 4 heterocycles. The Morgan fingerprint density at radius 1 is 1.04 bits per heavy atom. The summed E-state index contributed by atoms with van der Waals surface area (Å²) in [5, 5.41) is 2.91. The van der Waals surface area contributed by atoms with Crippen LogP contribution in [-0.2, 0) is 4.79 Å². The number of carbonyl (C=O) groups is 3. The van der Waals surface area contributed by atoms with Crippen LogP contribution in [0.2, 0.25) is 0 Å². The van der Waals surface area contributed by atoms with Crippen molar-refractivity contribution < 1.29 is 14.4 Å². The molecule has 8 heteroatoms. The highest BCUT2D eigenvalue weighted by Crippen LogP contribution is 2.38. The Hall–Kier alpha value is -1.99. The molecular weight excluding hydrogens is 358 g/mol. The SMILES string of the molecule is CCCNC(=O)N1CCN(C(=O)N2CC3CC(C2)[C@H]2CCCC(=O)N2C3)CC1. The first-order valence-electron chi connectivity index (χ1n) is 10.9. The molecule has 4 rings (SSSR count). The third-order valence-corrected chi connectivity index (χ3v) is 6.81. The maximum Gasteiger partial charge on any atom is 0.320 e. The van der Waals surface area contributed by atoms with E-state index >= 15 is 0 Å². The van der Waals surface area contributed by atoms with Crippen LogP contribution in [0, 0.1) is 11.8 Å². The molecule has 0 saturated carbocycles. The molecule has 0 aromatic heterocycles. The summed E-state index contributed by atoms with van der Waals surface area (Å²) in [4.78, 5) is 45.3. The van der Waals surface area contributed by atoms with Gasteiger partial charge in [-0.1, -0.05) is 6.92 Å². The molecule has 1 N–H and O–H groups in total. The molecule has 0 radical (unpaired) electrons. The fraction of sp³-hybridized carbons (Fsp3) is 0.850. The van der Waals surface area contributed by atoms with Gasteiger partial charge in [0.1, 0.15) is 0 Å². The first kappa shape index (κ1) is 19.3. The second kappa shape index (κ2) is 8.17. The standard InChI is InChI=1S/C20H33N5O3/c1-2-6-21-19(27)22-7-9-23(10-8-22)20(28)24-12-15-11-16(14-24)17-4-3-5-18(26)25(17)13-15/h15-17H,2-14H2,1H3,(H,21,27)/t15?,16?,17-/m1/s1. The van der Waals surface area contributed by atoms with E-state index in [2.05, 4.69) is 10.2 Å². The van der Waals surface area contributed by atoms with Crippen molar-refractivity contribution in [3.63, 3.8) is 0 Å². The predicted molar refractivity (Wildman–Crippen MR) is 105 cm³/mol. The van der Waals surface area contributed by atoms with Crippen LogP contribution in [0.5, 0.6) is 0 Å². The molecule has 0 aromatic rings. The Kier molecular flexibility index (Phi) is 5.64. The summed E-state index contributed by atoms with van der Waals surface area (Å²) in [6.45, 7) is 7.43. The zero-order chi connectivity index (χ0) is 19.7. The zero-order valence-electron chi connectivity index (χ0n) is 16.9. The molecule has 156 valence electrons. The third kappa shape index (κ3) is 3.78. The molecule has 8 nitrogen and oxygen atoms in total. The average Bonchev–Trinajstić information content (AvgIpc) is 2.72. The summed E-state index contributed by atoms with van der Waals surface area (Å²) in [6.07, 6.45) is 4.82. The topological polar surface area (TPSA) is 76.2 Å². The molecule has 0 aliphatic carbocycles. The van der Waals surface area contributed by atoms with Gasteiger partial charge in [-0.2, -0.15) is 0 Å². The van der Waals surface area contributed by atoms with Crippen LogP contribution in [0.25, 0.3) is 0 Å². The van der Waals surface area contributed by atoms with Gasteiger partial charge in [-0.15, -0.1) is 0 Å². The van der Waals surface area contributed by atoms with Crippen molar-refractivity contribution in [3.05, 3.63) is 0 Å². The molecule has 4 fully saturated rings. The number of piperazine rings is 1. The highest BCUT2D eigenvalue weighted by atomic mass is 16.2. The first-order valence-corrected chi connectivity index (χ1v) is 10.9. The highest BCUT2D eigenvalue weighted by Gasteiger charge is 2.45. The highest BCUT2D eigenvalue weighted by molar-refractivity contribution is 5.78. The number of fused-ring (bicyclic) bond motifs is 4. The van der Waals surface area contributed by atoms with Gasteiger partial charge >= 0.3 is 12.1 Å². The number of nitrogens with one attached hydrogen (secondary N) is 1. The monoisotopic (exact) mass is 391 g/mol. The van der Waals surface area contributed by atoms with Gasteiger partial charge in [0, 0.05) is 64.8 Å². The first-order chi connectivity index (χ1) is 13.6. The molecule has 4 saturated heterocycles. The van der Waals surface area contributed by atoms with Crippen LogP contribution in [0.4, 0.5) is 9.59 Å². The lowest BCUT2D eigenvalue weighted by Crippen LogP contribution is -2.63. The normalized spacial score (nSPS) is 30.2. The fourth-order valence-electron chi connectivity index (χ4n) is 5.41. The predicted octanol–water partition coefficient (Wildman–Crippen LogP) is 1.18. The van der Waals surface area contributed by atoms with Gasteiger partial charge in [0.25, 0.3) is 0 Å². The van der Waals surface area contributed by atoms with Crippen molar-refractivity contribution in [2.75, 3.05) is 52.4 Å². The van der Waals surface area contributed by atoms with Gasteiger partial charge in [0.2, 0.25) is 5.91 Å². The van der Waals surface area contributed by atoms with Crippen LogP contribution in [0.15, 0.2) is 0 Å². The summed E-state index contributed by atoms with van der Waals surface area (Å²) < 4.78 is 0. The Morgan fingerprint density at radius 2 is 1.79 bits per heavy atom. The fourth-order valence-corrected chi connectivity index (χ4v) is 5.41. The minimum absolute atomic E-state index is 0.0245. The number of nitrogens with zero attached hydrogens (tertiary/aromatic N) is 4. The van der Waals surface area contributed by atoms with Crippen molar-refractivity contribution in [2.24, 2.45) is 11.8 Å². The van der Waals surface area contributed by atoms with Crippen LogP contribution >= 0.6 is 0 Å². The smallest absolute Gasteiger partial charge is 0.320 e. The number of piperidine rings is 3. The van der Waals surface area contributed by atoms with Gasteiger partial charge in [0.15, 0.2) is 0 Å². The van der Waals surface area contributed by atoms with Gasteiger partial charge in [-0.3, -0.25) is 4.79 Å². The molecule has 4 aliphatic heterocycles. The number of hydrogen-bond acceptors (Lipinski definition) is 3. The number of carbonyl (C=O) groups excluding carboxylic acids is 3. The van der Waals surface area contributed by atoms with Crippen LogP contribution in [-0.4, -0.2) is 96.0 Å². The average molecular weight is 392 g/mol. The van der Waals surface area contributed by atoms with E-state index in [1.165, 1.54) is 0 Å². The molecule has 2 unspecified atom stereocenters. The molecule has 28 heavy (non-hydrogen) atoms. The Morgan fingerprint density at radius 3 is 2.54 bits per heavy atom. The van der Waals surface area contributed by atoms with E-state index in [0.29, 0.717) is 62.9 Å². The van der Waals surface area contributed by atoms with E-state index in [4.69, 9.17) is 0 Å². The molecule has 5 amide bonds. The number of rotatable bonds is 2. The molecule has 4 aliphatic rings. The van der Waals surface area contributed by atoms with E-state index in [0.717, 1.165) is 45.3 Å². The van der Waals surface area contributed by atoms with Crippen molar-refractivity contribution in [1.82, 2.24) is 24.9 Å². The summed E-state index contributed by atoms with van der Waals surface area (Å²) in [5.41, 5.74) is 0. The largest absolute Gasteiger partial charge is 0.339 e. The molecule has 3 atom stereocenters. The minimum atomic E-state index is -0.0245. The molecule has 0 aromatic carbocycles. The van der Waals surface area contributed by atoms with Gasteiger partial charge in [0.05, 0.1) is 0 Å². The lowest BCUT2D eigenvalue weighted by molar-refractivity contribution is -0.144. The van der Waals surface area contributed by atoms with Crippen molar-refractivity contribution in [3.8, 4) is 0 Å². The van der Waals surface area contributed by atoms with Gasteiger partial charge in [-0.05, 0) is 37.5 Å². The van der Waals surface area contributed by atoms with Crippen molar-refractivity contribution in [1.29, 1.82) is 0 Å². The maximum absolute atomic E-state index is 13.1. The van der Waals surface area contributed by atoms with E-state index < -0.39 is 0 Å². The van der Waals surface area contributed by atoms with E-state index in [9.17, 15) is 14.4 Å². The van der Waals surface area contributed by atoms with Crippen LogP contribution in [0.1, 0.15) is 39.0 Å². The lowest BCUT2D eigenvalue weighted by atomic mass is 9.76. The van der Waals surface area contributed by atoms with E-state index in [-0.39, 0.29) is 12.1 Å². The van der Waals surface area contributed by atoms with E-state index in [1.807, 2.05) is 16.7 Å². The molecule has 0 spiro atoms. The van der Waals surface area contributed by atoms with Crippen LogP contribution < -0.4 is 5.32 Å². The van der Waals surface area contributed by atoms with E-state index in [1.54, 1.807) is 4.90 Å². The lowest BCUT2D eigenvalue weighted by Gasteiger charge is -2.53. The van der Waals surface area contributed by atoms with Crippen molar-refractivity contribution in [2.45, 2.75) is 45.1 Å². The second-order valence-electron chi connectivity index (χ2n) is 8.76. The summed E-state index contributed by atoms with van der Waals surface area (Å²) in [6, 6.07) is 0.412. The molecular formula is C20H33N5O3. The summed E-state index contributed by atoms with van der Waals surface area (Å²) in [5.74, 6) is 1.13. The van der Waals surface area contributed by atoms with Crippen molar-refractivity contribution >= 4 is 18.0 Å². The van der Waals surface area contributed by atoms with Gasteiger partial charge in [-0.25, -0.2) is 9.59 Å². The summed E-state index contributed by atoms with van der Waals surface area (Å²) in [7, 11) is 0.